The summed E-state index contributed by atoms with van der Waals surface area (Å²) in [7, 11) is 3.47. The molecule has 0 aromatic heterocycles. The van der Waals surface area contributed by atoms with Crippen LogP contribution in [0.15, 0.2) is 0 Å². The molecule has 0 spiro atoms. The van der Waals surface area contributed by atoms with Crippen molar-refractivity contribution < 1.29 is 19.1 Å². The molecule has 2 amide bonds. The molecule has 0 aromatic rings. The van der Waals surface area contributed by atoms with E-state index in [0.717, 1.165) is 12.8 Å². The van der Waals surface area contributed by atoms with Gasteiger partial charge < -0.3 is 19.3 Å². The van der Waals surface area contributed by atoms with Gasteiger partial charge in [0.1, 0.15) is 5.60 Å². The van der Waals surface area contributed by atoms with Crippen molar-refractivity contribution in [2.45, 2.75) is 58.2 Å². The molecule has 1 aliphatic rings. The van der Waals surface area contributed by atoms with Gasteiger partial charge in [-0.3, -0.25) is 4.79 Å². The summed E-state index contributed by atoms with van der Waals surface area (Å²) in [6, 6.07) is 0. The summed E-state index contributed by atoms with van der Waals surface area (Å²) in [6.45, 7) is 9.16. The van der Waals surface area contributed by atoms with Crippen LogP contribution in [0.2, 0.25) is 0 Å². The number of carbonyl (C=O) groups excluding carboxylic acids is 2. The van der Waals surface area contributed by atoms with Gasteiger partial charge in [0.05, 0.1) is 25.2 Å². The molecule has 1 rings (SSSR count). The van der Waals surface area contributed by atoms with Crippen molar-refractivity contribution in [3.05, 3.63) is 0 Å². The quantitative estimate of drug-likeness (QED) is 0.781. The normalized spacial score (nSPS) is 21.8. The number of ether oxygens (including phenoxy) is 2. The highest BCUT2D eigenvalue weighted by Gasteiger charge is 2.40. The zero-order valence-corrected chi connectivity index (χ0v) is 14.8. The van der Waals surface area contributed by atoms with Crippen LogP contribution in [-0.2, 0) is 14.3 Å². The highest BCUT2D eigenvalue weighted by Crippen LogP contribution is 2.30. The van der Waals surface area contributed by atoms with E-state index in [9.17, 15) is 9.59 Å². The van der Waals surface area contributed by atoms with Crippen molar-refractivity contribution in [2.75, 3.05) is 33.8 Å². The van der Waals surface area contributed by atoms with Gasteiger partial charge in [-0.05, 0) is 33.6 Å². The first kappa shape index (κ1) is 18.7. The number of rotatable bonds is 5. The van der Waals surface area contributed by atoms with E-state index in [0.29, 0.717) is 26.1 Å². The predicted molar refractivity (Wildman–Crippen MR) is 84.7 cm³/mol. The summed E-state index contributed by atoms with van der Waals surface area (Å²) < 4.78 is 11.4. The van der Waals surface area contributed by atoms with Crippen molar-refractivity contribution in [3.63, 3.8) is 0 Å². The lowest BCUT2D eigenvalue weighted by molar-refractivity contribution is -0.131. The average molecular weight is 314 g/mol. The molecule has 0 radical (unpaired) electrons. The Labute approximate surface area is 133 Å². The molecule has 0 aliphatic carbocycles. The van der Waals surface area contributed by atoms with Crippen LogP contribution in [0.1, 0.15) is 47.0 Å². The summed E-state index contributed by atoms with van der Waals surface area (Å²) in [4.78, 5) is 27.0. The summed E-state index contributed by atoms with van der Waals surface area (Å²) in [6.07, 6.45) is 1.65. The maximum absolute atomic E-state index is 12.1. The molecule has 0 aromatic carbocycles. The van der Waals surface area contributed by atoms with Gasteiger partial charge in [0.2, 0.25) is 5.91 Å². The van der Waals surface area contributed by atoms with Crippen LogP contribution in [0, 0.1) is 0 Å². The number of nitrogens with zero attached hydrogens (tertiary/aromatic N) is 2. The fourth-order valence-corrected chi connectivity index (χ4v) is 2.41. The molecule has 0 N–H and O–H groups in total. The first-order valence-electron chi connectivity index (χ1n) is 7.90. The van der Waals surface area contributed by atoms with Crippen LogP contribution >= 0.6 is 0 Å². The van der Waals surface area contributed by atoms with E-state index >= 15 is 0 Å². The largest absolute Gasteiger partial charge is 0.444 e. The molecule has 1 unspecified atom stereocenters. The van der Waals surface area contributed by atoms with E-state index in [4.69, 9.17) is 9.47 Å². The van der Waals surface area contributed by atoms with E-state index in [1.165, 1.54) is 0 Å². The molecule has 1 atom stereocenters. The van der Waals surface area contributed by atoms with E-state index in [1.807, 2.05) is 27.7 Å². The second-order valence-corrected chi connectivity index (χ2v) is 7.08. The number of carbonyl (C=O) groups is 2. The van der Waals surface area contributed by atoms with Gasteiger partial charge in [-0.25, -0.2) is 4.79 Å². The lowest BCUT2D eigenvalue weighted by Gasteiger charge is -2.29. The summed E-state index contributed by atoms with van der Waals surface area (Å²) in [5.74, 6) is 0.0493. The summed E-state index contributed by atoms with van der Waals surface area (Å²) >= 11 is 0. The molecule has 0 saturated carbocycles. The summed E-state index contributed by atoms with van der Waals surface area (Å²) in [5, 5.41) is 0. The Morgan fingerprint density at radius 3 is 2.41 bits per heavy atom. The summed E-state index contributed by atoms with van der Waals surface area (Å²) in [5.41, 5.74) is -0.850. The van der Waals surface area contributed by atoms with E-state index in [-0.39, 0.29) is 17.6 Å². The molecule has 22 heavy (non-hydrogen) atoms. The van der Waals surface area contributed by atoms with Crippen molar-refractivity contribution >= 4 is 12.0 Å². The Morgan fingerprint density at radius 2 is 1.91 bits per heavy atom. The zero-order valence-electron chi connectivity index (χ0n) is 14.8. The molecule has 128 valence electrons. The minimum Gasteiger partial charge on any atom is -0.444 e. The van der Waals surface area contributed by atoms with Crippen molar-refractivity contribution in [3.8, 4) is 0 Å². The highest BCUT2D eigenvalue weighted by molar-refractivity contribution is 5.75. The van der Waals surface area contributed by atoms with Crippen LogP contribution in [0.4, 0.5) is 4.79 Å². The molecular formula is C16H30N2O4. The SMILES string of the molecule is CCC1(OCCC(=O)N(C)C)CCN(C(=O)OC(C)(C)C)C1. The Hall–Kier alpha value is -1.30. The third-order valence-electron chi connectivity index (χ3n) is 3.84. The molecule has 6 heteroatoms. The first-order valence-corrected chi connectivity index (χ1v) is 7.90. The maximum atomic E-state index is 12.1. The van der Waals surface area contributed by atoms with Crippen molar-refractivity contribution in [1.29, 1.82) is 0 Å². The smallest absolute Gasteiger partial charge is 0.410 e. The van der Waals surface area contributed by atoms with Crippen molar-refractivity contribution in [2.24, 2.45) is 0 Å². The van der Waals surface area contributed by atoms with Crippen LogP contribution in [0.25, 0.3) is 0 Å². The number of likely N-dealkylation sites (tertiary alicyclic amines) is 1. The Morgan fingerprint density at radius 1 is 1.27 bits per heavy atom. The predicted octanol–water partition coefficient (Wildman–Crippen LogP) is 2.27. The van der Waals surface area contributed by atoms with Gasteiger partial charge in [0.15, 0.2) is 0 Å². The zero-order chi connectivity index (χ0) is 17.0. The third-order valence-corrected chi connectivity index (χ3v) is 3.84. The van der Waals surface area contributed by atoms with Gasteiger partial charge >= 0.3 is 6.09 Å². The third kappa shape index (κ3) is 5.48. The number of hydrogen-bond donors (Lipinski definition) is 0. The molecule has 0 bridgehead atoms. The Bertz CT molecular complexity index is 403. The van der Waals surface area contributed by atoms with Gasteiger partial charge in [0, 0.05) is 20.6 Å². The Balaban J connectivity index is 2.51. The van der Waals surface area contributed by atoms with E-state index in [2.05, 4.69) is 0 Å². The second-order valence-electron chi connectivity index (χ2n) is 7.08. The molecular weight excluding hydrogens is 284 g/mol. The van der Waals surface area contributed by atoms with Gasteiger partial charge in [-0.2, -0.15) is 0 Å². The standard InChI is InChI=1S/C16H30N2O4/c1-7-16(21-11-8-13(19)17(5)6)9-10-18(12-16)14(20)22-15(2,3)4/h7-12H2,1-6H3. The van der Waals surface area contributed by atoms with Crippen LogP contribution in [0.5, 0.6) is 0 Å². The van der Waals surface area contributed by atoms with E-state index in [1.54, 1.807) is 23.9 Å². The van der Waals surface area contributed by atoms with Crippen molar-refractivity contribution in [1.82, 2.24) is 9.80 Å². The fourth-order valence-electron chi connectivity index (χ4n) is 2.41. The van der Waals surface area contributed by atoms with Gasteiger partial charge in [-0.15, -0.1) is 0 Å². The van der Waals surface area contributed by atoms with Crippen LogP contribution < -0.4 is 0 Å². The first-order chi connectivity index (χ1) is 10.1. The van der Waals surface area contributed by atoms with Crippen LogP contribution in [0.3, 0.4) is 0 Å². The Kier molecular flexibility index (Phi) is 6.23. The van der Waals surface area contributed by atoms with Crippen LogP contribution in [-0.4, -0.2) is 66.8 Å². The molecule has 1 heterocycles. The minimum absolute atomic E-state index is 0.0493. The lowest BCUT2D eigenvalue weighted by Crippen LogP contribution is -2.40. The minimum atomic E-state index is -0.493. The average Bonchev–Trinajstić information content (AvgIpc) is 2.82. The molecule has 1 aliphatic heterocycles. The topological polar surface area (TPSA) is 59.1 Å². The second kappa shape index (κ2) is 7.31. The molecule has 6 nitrogen and oxygen atoms in total. The molecule has 1 saturated heterocycles. The maximum Gasteiger partial charge on any atom is 0.410 e. The number of hydrogen-bond acceptors (Lipinski definition) is 4. The number of amides is 2. The van der Waals surface area contributed by atoms with Gasteiger partial charge in [-0.1, -0.05) is 6.92 Å². The van der Waals surface area contributed by atoms with E-state index < -0.39 is 5.60 Å². The monoisotopic (exact) mass is 314 g/mol. The fraction of sp³-hybridized carbons (Fsp3) is 0.875. The molecule has 1 fully saturated rings. The van der Waals surface area contributed by atoms with Gasteiger partial charge in [0.25, 0.3) is 0 Å². The lowest BCUT2D eigenvalue weighted by atomic mass is 10.00. The highest BCUT2D eigenvalue weighted by atomic mass is 16.6.